The summed E-state index contributed by atoms with van der Waals surface area (Å²) in [4.78, 5) is 23.1. The minimum Gasteiger partial charge on any atom is -0.348 e. The van der Waals surface area contributed by atoms with Gasteiger partial charge in [-0.05, 0) is 80.5 Å². The predicted molar refractivity (Wildman–Crippen MR) is 145 cm³/mol. The van der Waals surface area contributed by atoms with E-state index in [9.17, 15) is 13.2 Å². The van der Waals surface area contributed by atoms with Crippen LogP contribution in [0.1, 0.15) is 43.6 Å². The van der Waals surface area contributed by atoms with Crippen molar-refractivity contribution < 1.29 is 13.2 Å². The first-order chi connectivity index (χ1) is 17.6. The summed E-state index contributed by atoms with van der Waals surface area (Å²) in [5, 5.41) is 1.01. The first-order valence-corrected chi connectivity index (χ1v) is 14.8. The summed E-state index contributed by atoms with van der Waals surface area (Å²) in [7, 11) is -3.57. The van der Waals surface area contributed by atoms with E-state index in [-0.39, 0.29) is 28.8 Å². The number of sulfonamides is 1. The quantitative estimate of drug-likeness (QED) is 0.424. The van der Waals surface area contributed by atoms with E-state index in [1.165, 1.54) is 0 Å². The molecule has 2 N–H and O–H groups in total. The maximum absolute atomic E-state index is 13.3. The normalized spacial score (nSPS) is 20.0. The lowest BCUT2D eigenvalue weighted by atomic mass is 9.94. The van der Waals surface area contributed by atoms with E-state index in [0.717, 1.165) is 60.3 Å². The summed E-state index contributed by atoms with van der Waals surface area (Å²) in [6.07, 6.45) is 5.64. The molecule has 3 aromatic rings. The number of hydrogen-bond donors (Lipinski definition) is 2. The van der Waals surface area contributed by atoms with E-state index in [1.54, 1.807) is 44.4 Å². The van der Waals surface area contributed by atoms with Gasteiger partial charge in [-0.25, -0.2) is 18.1 Å². The number of nitrogens with one attached hydrogen (secondary N) is 2. The first kappa shape index (κ1) is 26.2. The number of imidazole rings is 1. The molecule has 10 heteroatoms. The second kappa shape index (κ2) is 10.4. The molecular weight excluding hydrogens is 531 g/mol. The molecule has 0 spiro atoms. The predicted octanol–water partition coefficient (Wildman–Crippen LogP) is 5.02. The smallest absolute Gasteiger partial charge is 0.240 e. The number of rotatable bonds is 7. The molecule has 0 saturated carbocycles. The Hall–Kier alpha value is -2.39. The lowest BCUT2D eigenvalue weighted by molar-refractivity contribution is -0.133. The lowest BCUT2D eigenvalue weighted by Gasteiger charge is -2.31. The van der Waals surface area contributed by atoms with Crippen molar-refractivity contribution in [2.75, 3.05) is 6.54 Å². The molecule has 2 heterocycles. The van der Waals surface area contributed by atoms with Crippen molar-refractivity contribution in [2.45, 2.75) is 62.9 Å². The van der Waals surface area contributed by atoms with Crippen molar-refractivity contribution in [3.8, 4) is 11.1 Å². The van der Waals surface area contributed by atoms with Crippen molar-refractivity contribution in [1.82, 2.24) is 19.6 Å². The molecule has 1 fully saturated rings. The summed E-state index contributed by atoms with van der Waals surface area (Å²) in [5.74, 6) is 0.0120. The number of amides is 1. The molecule has 7 nitrogen and oxygen atoms in total. The Morgan fingerprint density at radius 2 is 1.81 bits per heavy atom. The Kier molecular flexibility index (Phi) is 7.38. The van der Waals surface area contributed by atoms with Crippen LogP contribution in [0.5, 0.6) is 0 Å². The van der Waals surface area contributed by atoms with Crippen LogP contribution in [0.15, 0.2) is 47.6 Å². The van der Waals surface area contributed by atoms with Crippen LogP contribution in [0.3, 0.4) is 0 Å². The molecule has 1 unspecified atom stereocenters. The molecule has 2 atom stereocenters. The van der Waals surface area contributed by atoms with Gasteiger partial charge in [0.2, 0.25) is 15.9 Å². The number of carbonyl (C=O) groups is 1. The molecule has 196 valence electrons. The second-order valence-corrected chi connectivity index (χ2v) is 12.7. The lowest BCUT2D eigenvalue weighted by Crippen LogP contribution is -2.41. The Bertz CT molecular complexity index is 1400. The number of nitrogens with zero attached hydrogens (tertiary/aromatic N) is 2. The number of likely N-dealkylation sites (tertiary alicyclic amines) is 1. The summed E-state index contributed by atoms with van der Waals surface area (Å²) in [6.45, 7) is 4.30. The highest BCUT2D eigenvalue weighted by Crippen LogP contribution is 2.36. The third-order valence-electron chi connectivity index (χ3n) is 7.23. The number of halogens is 2. The molecule has 1 aliphatic heterocycles. The maximum Gasteiger partial charge on any atom is 0.240 e. The Morgan fingerprint density at radius 1 is 1.11 bits per heavy atom. The molecular formula is C27H30Cl2N4O3S. The fourth-order valence-corrected chi connectivity index (χ4v) is 7.27. The van der Waals surface area contributed by atoms with E-state index in [2.05, 4.69) is 14.7 Å². The van der Waals surface area contributed by atoms with Crippen molar-refractivity contribution >= 4 is 39.1 Å². The van der Waals surface area contributed by atoms with Gasteiger partial charge in [0.15, 0.2) is 0 Å². The van der Waals surface area contributed by atoms with Gasteiger partial charge >= 0.3 is 0 Å². The summed E-state index contributed by atoms with van der Waals surface area (Å²) >= 11 is 13.3. The zero-order chi connectivity index (χ0) is 26.3. The van der Waals surface area contributed by atoms with Gasteiger partial charge < -0.3 is 9.88 Å². The van der Waals surface area contributed by atoms with Crippen molar-refractivity contribution in [3.63, 3.8) is 0 Å². The van der Waals surface area contributed by atoms with Crippen molar-refractivity contribution in [1.29, 1.82) is 0 Å². The SMILES string of the molecule is CC(C)NS(=O)(=O)c1ccc(-c2cc(Cl)c(CC3CCN([C@@H]4CCc5nc[nH]c5C4)C3=O)c(Cl)c2)cc1. The standard InChI is InChI=1S/C27H30Cl2N4O3S/c1-16(2)32-37(35,36)21-6-3-17(4-7-21)19-12-23(28)22(24(29)13-19)11-18-9-10-33(27(18)34)20-5-8-25-26(14-20)31-15-30-25/h3-4,6-7,12-13,15-16,18,20,32H,5,8-11,14H2,1-2H3,(H,30,31)/t18?,20-/m1/s1. The molecule has 1 aliphatic carbocycles. The van der Waals surface area contributed by atoms with Crippen LogP contribution < -0.4 is 4.72 Å². The highest BCUT2D eigenvalue weighted by atomic mass is 35.5. The minimum absolute atomic E-state index is 0.151. The molecule has 37 heavy (non-hydrogen) atoms. The summed E-state index contributed by atoms with van der Waals surface area (Å²) in [6, 6.07) is 10.3. The van der Waals surface area contributed by atoms with Crippen LogP contribution in [0.4, 0.5) is 0 Å². The average molecular weight is 562 g/mol. The fraction of sp³-hybridized carbons (Fsp3) is 0.407. The van der Waals surface area contributed by atoms with E-state index >= 15 is 0 Å². The Morgan fingerprint density at radius 3 is 2.49 bits per heavy atom. The molecule has 2 aliphatic rings. The van der Waals surface area contributed by atoms with Crippen molar-refractivity contribution in [3.05, 3.63) is 69.7 Å². The van der Waals surface area contributed by atoms with Crippen molar-refractivity contribution in [2.24, 2.45) is 5.92 Å². The van der Waals surface area contributed by atoms with Crippen LogP contribution in [-0.4, -0.2) is 47.8 Å². The Labute approximate surface area is 227 Å². The number of hydrogen-bond acceptors (Lipinski definition) is 4. The minimum atomic E-state index is -3.57. The van der Waals surface area contributed by atoms with Crippen LogP contribution >= 0.6 is 23.2 Å². The number of H-pyrrole nitrogens is 1. The number of benzene rings is 2. The largest absolute Gasteiger partial charge is 0.348 e. The van der Waals surface area contributed by atoms with Gasteiger partial charge in [0.1, 0.15) is 0 Å². The zero-order valence-corrected chi connectivity index (χ0v) is 23.1. The van der Waals surface area contributed by atoms with Gasteiger partial charge in [0.05, 0.1) is 16.9 Å². The number of aromatic nitrogens is 2. The summed E-state index contributed by atoms with van der Waals surface area (Å²) in [5.41, 5.74) is 4.61. The highest BCUT2D eigenvalue weighted by molar-refractivity contribution is 7.89. The molecule has 1 amide bonds. The van der Waals surface area contributed by atoms with Crippen LogP contribution in [-0.2, 0) is 34.1 Å². The number of carbonyl (C=O) groups excluding carboxylic acids is 1. The Balaban J connectivity index is 1.29. The van der Waals surface area contributed by atoms with E-state index < -0.39 is 10.0 Å². The van der Waals surface area contributed by atoms with E-state index in [4.69, 9.17) is 23.2 Å². The van der Waals surface area contributed by atoms with Gasteiger partial charge in [-0.3, -0.25) is 4.79 Å². The number of aryl methyl sites for hydroxylation is 1. The highest BCUT2D eigenvalue weighted by Gasteiger charge is 2.38. The third-order valence-corrected chi connectivity index (χ3v) is 9.58. The van der Waals surface area contributed by atoms with E-state index in [1.807, 2.05) is 17.0 Å². The van der Waals surface area contributed by atoms with Crippen LogP contribution in [0.2, 0.25) is 10.0 Å². The zero-order valence-electron chi connectivity index (χ0n) is 20.8. The van der Waals surface area contributed by atoms with Gasteiger partial charge in [-0.15, -0.1) is 0 Å². The molecule has 1 saturated heterocycles. The van der Waals surface area contributed by atoms with Crippen LogP contribution in [0.25, 0.3) is 11.1 Å². The van der Waals surface area contributed by atoms with E-state index in [0.29, 0.717) is 16.5 Å². The molecule has 0 bridgehead atoms. The molecule has 0 radical (unpaired) electrons. The molecule has 5 rings (SSSR count). The molecule has 1 aromatic heterocycles. The monoisotopic (exact) mass is 560 g/mol. The van der Waals surface area contributed by atoms with Gasteiger partial charge in [-0.1, -0.05) is 35.3 Å². The average Bonchev–Trinajstić information content (AvgIpc) is 3.46. The van der Waals surface area contributed by atoms with Gasteiger partial charge in [0, 0.05) is 46.7 Å². The fourth-order valence-electron chi connectivity index (χ4n) is 5.38. The molecule has 2 aromatic carbocycles. The topological polar surface area (TPSA) is 95.2 Å². The van der Waals surface area contributed by atoms with Gasteiger partial charge in [-0.2, -0.15) is 0 Å². The second-order valence-electron chi connectivity index (χ2n) is 10.2. The number of aromatic amines is 1. The maximum atomic E-state index is 13.3. The number of fused-ring (bicyclic) bond motifs is 1. The van der Waals surface area contributed by atoms with Crippen LogP contribution in [0, 0.1) is 5.92 Å². The third kappa shape index (κ3) is 5.43. The first-order valence-electron chi connectivity index (χ1n) is 12.5. The summed E-state index contributed by atoms with van der Waals surface area (Å²) < 4.78 is 27.4. The van der Waals surface area contributed by atoms with Gasteiger partial charge in [0.25, 0.3) is 0 Å².